The molecule has 0 aliphatic carbocycles. The predicted molar refractivity (Wildman–Crippen MR) is 81.4 cm³/mol. The number of thioether (sulfide) groups is 1. The summed E-state index contributed by atoms with van der Waals surface area (Å²) in [5.74, 6) is -0.00591. The van der Waals surface area contributed by atoms with Gasteiger partial charge in [0.25, 0.3) is 5.91 Å². The van der Waals surface area contributed by atoms with Gasteiger partial charge in [0.05, 0.1) is 10.6 Å². The van der Waals surface area contributed by atoms with Gasteiger partial charge < -0.3 is 9.80 Å². The second kappa shape index (κ2) is 6.50. The van der Waals surface area contributed by atoms with Gasteiger partial charge >= 0.3 is 0 Å². The molecule has 0 unspecified atom stereocenters. The van der Waals surface area contributed by atoms with Crippen molar-refractivity contribution in [1.29, 1.82) is 0 Å². The zero-order chi connectivity index (χ0) is 14.7. The summed E-state index contributed by atoms with van der Waals surface area (Å²) in [6.45, 7) is 3.83. The minimum atomic E-state index is -0.0610. The molecule has 0 saturated carbocycles. The lowest BCUT2D eigenvalue weighted by Crippen LogP contribution is -2.50. The SMILES string of the molecule is CSc1ccc(Cl)c(C(=O)N2CCN(C(C)=O)CC2)c1. The van der Waals surface area contributed by atoms with E-state index in [9.17, 15) is 9.59 Å². The van der Waals surface area contributed by atoms with E-state index in [0.717, 1.165) is 4.90 Å². The Kier molecular flexibility index (Phi) is 4.94. The zero-order valence-corrected chi connectivity index (χ0v) is 13.1. The average Bonchev–Trinajstić information content (AvgIpc) is 2.47. The maximum Gasteiger partial charge on any atom is 0.255 e. The number of benzene rings is 1. The third-order valence-corrected chi connectivity index (χ3v) is 4.47. The third-order valence-electron chi connectivity index (χ3n) is 3.42. The molecule has 1 aromatic rings. The first-order chi connectivity index (χ1) is 9.52. The van der Waals surface area contributed by atoms with E-state index in [4.69, 9.17) is 11.6 Å². The minimum Gasteiger partial charge on any atom is -0.339 e. The summed E-state index contributed by atoms with van der Waals surface area (Å²) in [5, 5.41) is 0.474. The highest BCUT2D eigenvalue weighted by molar-refractivity contribution is 7.98. The van der Waals surface area contributed by atoms with Gasteiger partial charge in [-0.15, -0.1) is 11.8 Å². The van der Waals surface area contributed by atoms with Crippen molar-refractivity contribution < 1.29 is 9.59 Å². The van der Waals surface area contributed by atoms with E-state index in [-0.39, 0.29) is 11.8 Å². The van der Waals surface area contributed by atoms with Crippen molar-refractivity contribution in [2.24, 2.45) is 0 Å². The minimum absolute atomic E-state index is 0.0551. The molecule has 1 aliphatic rings. The highest BCUT2D eigenvalue weighted by atomic mass is 35.5. The molecule has 108 valence electrons. The Morgan fingerprint density at radius 3 is 2.30 bits per heavy atom. The Morgan fingerprint density at radius 2 is 1.75 bits per heavy atom. The first-order valence-electron chi connectivity index (χ1n) is 6.41. The van der Waals surface area contributed by atoms with Gasteiger partial charge in [0.15, 0.2) is 0 Å². The van der Waals surface area contributed by atoms with Crippen LogP contribution in [-0.4, -0.2) is 54.0 Å². The molecule has 0 N–H and O–H groups in total. The zero-order valence-electron chi connectivity index (χ0n) is 11.6. The van der Waals surface area contributed by atoms with Gasteiger partial charge in [-0.3, -0.25) is 9.59 Å². The van der Waals surface area contributed by atoms with E-state index in [2.05, 4.69) is 0 Å². The number of rotatable bonds is 2. The van der Waals surface area contributed by atoms with Crippen LogP contribution in [0.2, 0.25) is 5.02 Å². The fourth-order valence-corrected chi connectivity index (χ4v) is 2.83. The number of halogens is 1. The molecule has 1 heterocycles. The van der Waals surface area contributed by atoms with Gasteiger partial charge in [-0.05, 0) is 24.5 Å². The van der Waals surface area contributed by atoms with Gasteiger partial charge in [0, 0.05) is 38.0 Å². The highest BCUT2D eigenvalue weighted by Gasteiger charge is 2.24. The topological polar surface area (TPSA) is 40.6 Å². The Bertz CT molecular complexity index is 528. The fourth-order valence-electron chi connectivity index (χ4n) is 2.19. The van der Waals surface area contributed by atoms with Gasteiger partial charge in [-0.25, -0.2) is 0 Å². The number of piperazine rings is 1. The number of hydrogen-bond donors (Lipinski definition) is 0. The molecular formula is C14H17ClN2O2S. The van der Waals surface area contributed by atoms with Crippen molar-refractivity contribution in [3.8, 4) is 0 Å². The van der Waals surface area contributed by atoms with E-state index in [1.807, 2.05) is 18.4 Å². The van der Waals surface area contributed by atoms with Crippen LogP contribution < -0.4 is 0 Å². The van der Waals surface area contributed by atoms with Crippen LogP contribution in [0.15, 0.2) is 23.1 Å². The number of carbonyl (C=O) groups excluding carboxylic acids is 2. The van der Waals surface area contributed by atoms with Crippen LogP contribution in [0.5, 0.6) is 0 Å². The molecular weight excluding hydrogens is 296 g/mol. The molecule has 1 fully saturated rings. The smallest absolute Gasteiger partial charge is 0.255 e. The van der Waals surface area contributed by atoms with Crippen molar-refractivity contribution in [3.05, 3.63) is 28.8 Å². The summed E-state index contributed by atoms with van der Waals surface area (Å²) in [4.78, 5) is 28.3. The Labute approximate surface area is 128 Å². The molecule has 0 aromatic heterocycles. The monoisotopic (exact) mass is 312 g/mol. The highest BCUT2D eigenvalue weighted by Crippen LogP contribution is 2.24. The van der Waals surface area contributed by atoms with E-state index in [1.165, 1.54) is 0 Å². The Hall–Kier alpha value is -1.20. The van der Waals surface area contributed by atoms with Crippen molar-refractivity contribution >= 4 is 35.2 Å². The van der Waals surface area contributed by atoms with Gasteiger partial charge in [0.1, 0.15) is 0 Å². The van der Waals surface area contributed by atoms with Crippen LogP contribution in [0, 0.1) is 0 Å². The summed E-state index contributed by atoms with van der Waals surface area (Å²) in [7, 11) is 0. The van der Waals surface area contributed by atoms with Crippen LogP contribution in [0.4, 0.5) is 0 Å². The van der Waals surface area contributed by atoms with E-state index >= 15 is 0 Å². The van der Waals surface area contributed by atoms with Crippen molar-refractivity contribution in [2.75, 3.05) is 32.4 Å². The Morgan fingerprint density at radius 1 is 1.15 bits per heavy atom. The normalized spacial score (nSPS) is 15.3. The van der Waals surface area contributed by atoms with Crippen LogP contribution in [0.1, 0.15) is 17.3 Å². The van der Waals surface area contributed by atoms with E-state index in [0.29, 0.717) is 36.8 Å². The molecule has 4 nitrogen and oxygen atoms in total. The number of hydrogen-bond acceptors (Lipinski definition) is 3. The summed E-state index contributed by atoms with van der Waals surface area (Å²) in [6, 6.07) is 5.48. The molecule has 1 aliphatic heterocycles. The van der Waals surface area contributed by atoms with Crippen molar-refractivity contribution in [1.82, 2.24) is 9.80 Å². The molecule has 0 spiro atoms. The maximum atomic E-state index is 12.5. The van der Waals surface area contributed by atoms with Crippen LogP contribution in [0.25, 0.3) is 0 Å². The number of carbonyl (C=O) groups is 2. The van der Waals surface area contributed by atoms with Gasteiger partial charge in [0.2, 0.25) is 5.91 Å². The van der Waals surface area contributed by atoms with Crippen molar-refractivity contribution in [3.63, 3.8) is 0 Å². The maximum absolute atomic E-state index is 12.5. The summed E-state index contributed by atoms with van der Waals surface area (Å²) in [6.07, 6.45) is 1.96. The van der Waals surface area contributed by atoms with Crippen molar-refractivity contribution in [2.45, 2.75) is 11.8 Å². The van der Waals surface area contributed by atoms with Crippen LogP contribution in [0.3, 0.4) is 0 Å². The van der Waals surface area contributed by atoms with Gasteiger partial charge in [-0.1, -0.05) is 11.6 Å². The molecule has 0 bridgehead atoms. The number of amides is 2. The summed E-state index contributed by atoms with van der Waals surface area (Å²) in [5.41, 5.74) is 0.537. The first-order valence-corrected chi connectivity index (χ1v) is 8.01. The lowest BCUT2D eigenvalue weighted by atomic mass is 10.1. The first kappa shape index (κ1) is 15.2. The third kappa shape index (κ3) is 3.27. The van der Waals surface area contributed by atoms with E-state index in [1.54, 1.807) is 34.6 Å². The van der Waals surface area contributed by atoms with Crippen LogP contribution >= 0.6 is 23.4 Å². The number of nitrogens with zero attached hydrogens (tertiary/aromatic N) is 2. The lowest BCUT2D eigenvalue weighted by molar-refractivity contribution is -0.130. The molecule has 1 saturated heterocycles. The van der Waals surface area contributed by atoms with E-state index < -0.39 is 0 Å². The summed E-state index contributed by atoms with van der Waals surface area (Å²) >= 11 is 7.70. The van der Waals surface area contributed by atoms with Crippen LogP contribution in [-0.2, 0) is 4.79 Å². The molecule has 0 atom stereocenters. The average molecular weight is 313 g/mol. The lowest BCUT2D eigenvalue weighted by Gasteiger charge is -2.34. The largest absolute Gasteiger partial charge is 0.339 e. The Balaban J connectivity index is 2.11. The summed E-state index contributed by atoms with van der Waals surface area (Å²) < 4.78 is 0. The molecule has 0 radical (unpaired) electrons. The van der Waals surface area contributed by atoms with Gasteiger partial charge in [-0.2, -0.15) is 0 Å². The second-order valence-electron chi connectivity index (χ2n) is 4.64. The molecule has 2 amide bonds. The molecule has 20 heavy (non-hydrogen) atoms. The quantitative estimate of drug-likeness (QED) is 0.787. The molecule has 1 aromatic carbocycles. The predicted octanol–water partition coefficient (Wildman–Crippen LogP) is 2.37. The molecule has 2 rings (SSSR count). The molecule has 6 heteroatoms. The second-order valence-corrected chi connectivity index (χ2v) is 5.93. The standard InChI is InChI=1S/C14H17ClN2O2S/c1-10(18)16-5-7-17(8-6-16)14(19)12-9-11(20-2)3-4-13(12)15/h3-4,9H,5-8H2,1-2H3. The fraction of sp³-hybridized carbons (Fsp3) is 0.429.